The number of aryl methyl sites for hydroxylation is 2. The van der Waals surface area contributed by atoms with E-state index >= 15 is 0 Å². The van der Waals surface area contributed by atoms with Crippen molar-refractivity contribution in [1.82, 2.24) is 19.1 Å². The Bertz CT molecular complexity index is 844. The summed E-state index contributed by atoms with van der Waals surface area (Å²) in [5, 5.41) is 1.44. The minimum Gasteiger partial charge on any atom is -0.313 e. The molecule has 0 aliphatic rings. The minimum absolute atomic E-state index is 0.393. The lowest BCUT2D eigenvalue weighted by atomic mass is 10.1. The van der Waals surface area contributed by atoms with Gasteiger partial charge in [-0.3, -0.25) is 14.3 Å². The maximum Gasteiger partial charge on any atom is 0.329 e. The second kappa shape index (κ2) is 7.40. The number of imidazole rings is 1. The van der Waals surface area contributed by atoms with Gasteiger partial charge in [0.15, 0.2) is 16.3 Å². The number of aromatic nitrogens is 4. The molecule has 2 heterocycles. The van der Waals surface area contributed by atoms with Crippen LogP contribution in [-0.4, -0.2) is 24.9 Å². The number of allylic oxidation sites excluding steroid dienone is 1. The molecular weight excluding hydrogens is 336 g/mol. The molecule has 8 heteroatoms. The van der Waals surface area contributed by atoms with E-state index in [4.69, 9.17) is 11.6 Å². The number of hydrogen-bond donors (Lipinski definition) is 1. The van der Waals surface area contributed by atoms with Gasteiger partial charge in [0.1, 0.15) is 0 Å². The molecule has 6 nitrogen and oxygen atoms in total. The molecule has 2 rings (SSSR count). The van der Waals surface area contributed by atoms with Gasteiger partial charge in [-0.2, -0.15) is 0 Å². The Morgan fingerprint density at radius 3 is 2.74 bits per heavy atom. The predicted octanol–water partition coefficient (Wildman–Crippen LogP) is 2.70. The molecule has 126 valence electrons. The summed E-state index contributed by atoms with van der Waals surface area (Å²) in [4.78, 5) is 30.9. The van der Waals surface area contributed by atoms with Crippen LogP contribution in [0.2, 0.25) is 0 Å². The number of halogens is 1. The summed E-state index contributed by atoms with van der Waals surface area (Å²) in [5.41, 5.74) is 0.0118. The van der Waals surface area contributed by atoms with E-state index < -0.39 is 11.2 Å². The molecule has 0 radical (unpaired) electrons. The zero-order valence-electron chi connectivity index (χ0n) is 13.7. The summed E-state index contributed by atoms with van der Waals surface area (Å²) in [7, 11) is 1.61. The third-order valence-electron chi connectivity index (χ3n) is 3.48. The zero-order valence-corrected chi connectivity index (χ0v) is 15.3. The van der Waals surface area contributed by atoms with E-state index in [0.717, 1.165) is 11.6 Å². The molecule has 1 N–H and O–H groups in total. The maximum absolute atomic E-state index is 12.2. The second-order valence-corrected chi connectivity index (χ2v) is 7.40. The van der Waals surface area contributed by atoms with Gasteiger partial charge >= 0.3 is 5.69 Å². The Hall–Kier alpha value is -1.47. The molecule has 23 heavy (non-hydrogen) atoms. The van der Waals surface area contributed by atoms with Gasteiger partial charge in [0.25, 0.3) is 5.56 Å². The molecule has 0 aliphatic heterocycles. The standard InChI is InChI=1S/C15H21ClN4O2S/c1-9(2)5-7-20-11-12(19(4)14(22)18-13(11)21)17-15(20)23-8-6-10(3)16/h6,9H,5,7-8H2,1-4H3,(H,18,21,22)/b10-6+. The molecule has 0 saturated heterocycles. The first-order valence-corrected chi connectivity index (χ1v) is 8.82. The topological polar surface area (TPSA) is 72.7 Å². The van der Waals surface area contributed by atoms with E-state index in [2.05, 4.69) is 23.8 Å². The Balaban J connectivity index is 2.55. The molecule has 0 fully saturated rings. The number of fused-ring (bicyclic) bond motifs is 1. The number of nitrogens with one attached hydrogen (secondary N) is 1. The second-order valence-electron chi connectivity index (χ2n) is 5.82. The van der Waals surface area contributed by atoms with E-state index in [-0.39, 0.29) is 0 Å². The lowest BCUT2D eigenvalue weighted by molar-refractivity contribution is 0.503. The zero-order chi connectivity index (χ0) is 17.1. The van der Waals surface area contributed by atoms with Crippen molar-refractivity contribution in [3.8, 4) is 0 Å². The van der Waals surface area contributed by atoms with Crippen LogP contribution in [0.1, 0.15) is 27.2 Å². The quantitative estimate of drug-likeness (QED) is 0.808. The van der Waals surface area contributed by atoms with Gasteiger partial charge in [0, 0.05) is 24.4 Å². The number of thioether (sulfide) groups is 1. The molecule has 0 atom stereocenters. The number of nitrogens with zero attached hydrogens (tertiary/aromatic N) is 3. The van der Waals surface area contributed by atoms with Crippen molar-refractivity contribution < 1.29 is 0 Å². The molecular formula is C15H21ClN4O2S. The van der Waals surface area contributed by atoms with Gasteiger partial charge in [-0.1, -0.05) is 43.3 Å². The highest BCUT2D eigenvalue weighted by atomic mass is 35.5. The van der Waals surface area contributed by atoms with Crippen LogP contribution in [0.5, 0.6) is 0 Å². The first kappa shape index (κ1) is 17.9. The van der Waals surface area contributed by atoms with Gasteiger partial charge in [0.2, 0.25) is 0 Å². The minimum atomic E-state index is -0.455. The highest BCUT2D eigenvalue weighted by Gasteiger charge is 2.17. The Morgan fingerprint density at radius 1 is 1.43 bits per heavy atom. The highest BCUT2D eigenvalue weighted by molar-refractivity contribution is 7.99. The number of hydrogen-bond acceptors (Lipinski definition) is 4. The largest absolute Gasteiger partial charge is 0.329 e. The summed E-state index contributed by atoms with van der Waals surface area (Å²) >= 11 is 7.36. The molecule has 0 saturated carbocycles. The van der Waals surface area contributed by atoms with Crippen molar-refractivity contribution >= 4 is 34.5 Å². The highest BCUT2D eigenvalue weighted by Crippen LogP contribution is 2.23. The first-order chi connectivity index (χ1) is 10.8. The fraction of sp³-hybridized carbons (Fsp3) is 0.533. The van der Waals surface area contributed by atoms with E-state index in [0.29, 0.717) is 34.4 Å². The van der Waals surface area contributed by atoms with Crippen molar-refractivity contribution in [3.63, 3.8) is 0 Å². The number of aromatic amines is 1. The average Bonchev–Trinajstić information content (AvgIpc) is 2.81. The molecule has 0 amide bonds. The van der Waals surface area contributed by atoms with Crippen LogP contribution in [0, 0.1) is 5.92 Å². The SMILES string of the molecule is C/C(Cl)=C\CSc1nc2c(c(=O)[nH]c(=O)n2C)n1CCC(C)C. The summed E-state index contributed by atoms with van der Waals surface area (Å²) < 4.78 is 3.27. The fourth-order valence-corrected chi connectivity index (χ4v) is 3.29. The normalized spacial score (nSPS) is 12.5. The van der Waals surface area contributed by atoms with Crippen molar-refractivity contribution in [2.24, 2.45) is 13.0 Å². The molecule has 2 aromatic rings. The van der Waals surface area contributed by atoms with Gasteiger partial charge < -0.3 is 4.57 Å². The van der Waals surface area contributed by atoms with Crippen LogP contribution in [0.3, 0.4) is 0 Å². The fourth-order valence-electron chi connectivity index (χ4n) is 2.15. The summed E-state index contributed by atoms with van der Waals surface area (Å²) in [6.45, 7) is 6.76. The van der Waals surface area contributed by atoms with Crippen molar-refractivity contribution in [2.75, 3.05) is 5.75 Å². The predicted molar refractivity (Wildman–Crippen MR) is 95.4 cm³/mol. The van der Waals surface area contributed by atoms with Gasteiger partial charge in [0.05, 0.1) is 0 Å². The van der Waals surface area contributed by atoms with Crippen molar-refractivity contribution in [2.45, 2.75) is 38.9 Å². The lowest BCUT2D eigenvalue weighted by Gasteiger charge is -2.09. The average molecular weight is 357 g/mol. The monoisotopic (exact) mass is 356 g/mol. The van der Waals surface area contributed by atoms with Gasteiger partial charge in [-0.25, -0.2) is 9.78 Å². The first-order valence-electron chi connectivity index (χ1n) is 7.45. The number of rotatable bonds is 6. The van der Waals surface area contributed by atoms with Crippen LogP contribution >= 0.6 is 23.4 Å². The Labute approximate surface area is 143 Å². The summed E-state index contributed by atoms with van der Waals surface area (Å²) in [5.74, 6) is 1.16. The van der Waals surface area contributed by atoms with Crippen LogP contribution in [0.4, 0.5) is 0 Å². The van der Waals surface area contributed by atoms with Crippen LogP contribution in [0.15, 0.2) is 25.9 Å². The van der Waals surface area contributed by atoms with Crippen molar-refractivity contribution in [3.05, 3.63) is 31.9 Å². The Morgan fingerprint density at radius 2 is 2.13 bits per heavy atom. The molecule has 0 bridgehead atoms. The van der Waals surface area contributed by atoms with E-state index in [9.17, 15) is 9.59 Å². The lowest BCUT2D eigenvalue weighted by Crippen LogP contribution is -2.29. The number of H-pyrrole nitrogens is 1. The summed E-state index contributed by atoms with van der Waals surface area (Å²) in [6.07, 6.45) is 2.81. The van der Waals surface area contributed by atoms with E-state index in [1.807, 2.05) is 17.6 Å². The third-order valence-corrected chi connectivity index (χ3v) is 4.54. The molecule has 2 aromatic heterocycles. The maximum atomic E-state index is 12.2. The van der Waals surface area contributed by atoms with Crippen LogP contribution in [-0.2, 0) is 13.6 Å². The molecule has 0 aromatic carbocycles. The van der Waals surface area contributed by atoms with E-state index in [1.165, 1.54) is 16.3 Å². The Kier molecular flexibility index (Phi) is 5.75. The van der Waals surface area contributed by atoms with Crippen LogP contribution < -0.4 is 11.2 Å². The molecule has 0 spiro atoms. The van der Waals surface area contributed by atoms with Crippen molar-refractivity contribution in [1.29, 1.82) is 0 Å². The molecule has 0 unspecified atom stereocenters. The molecule has 0 aliphatic carbocycles. The van der Waals surface area contributed by atoms with Crippen LogP contribution in [0.25, 0.3) is 11.2 Å². The smallest absolute Gasteiger partial charge is 0.313 e. The van der Waals surface area contributed by atoms with Gasteiger partial charge in [-0.15, -0.1) is 0 Å². The third kappa shape index (κ3) is 4.09. The van der Waals surface area contributed by atoms with E-state index in [1.54, 1.807) is 7.05 Å². The van der Waals surface area contributed by atoms with Gasteiger partial charge in [-0.05, 0) is 19.3 Å². The summed E-state index contributed by atoms with van der Waals surface area (Å²) in [6, 6.07) is 0.